The van der Waals surface area contributed by atoms with Gasteiger partial charge in [0.2, 0.25) is 0 Å². The second kappa shape index (κ2) is 6.88. The lowest BCUT2D eigenvalue weighted by atomic mass is 10.1. The average molecular weight is 225 g/mol. The maximum absolute atomic E-state index is 8.74. The molecule has 0 aromatic heterocycles. The Kier molecular flexibility index (Phi) is 6.62. The Morgan fingerprint density at radius 1 is 1.25 bits per heavy atom. The molecule has 0 aliphatic carbocycles. The molecule has 0 spiro atoms. The van der Waals surface area contributed by atoms with Crippen LogP contribution in [0.25, 0.3) is 0 Å². The molecule has 0 aromatic rings. The van der Waals surface area contributed by atoms with Gasteiger partial charge in [0, 0.05) is 18.6 Å². The largest absolute Gasteiger partial charge is 0.312 e. The quantitative estimate of drug-likeness (QED) is 0.752. The maximum Gasteiger partial charge on any atom is 0.0666 e. The van der Waals surface area contributed by atoms with E-state index >= 15 is 0 Å². The predicted octanol–water partition coefficient (Wildman–Crippen LogP) is 2.10. The standard InChI is InChI=1S/C13H27N3/c1-11(7-14)9-16(6)10-12(2)8-15-13(3,4)5/h11-12,15H,8-10H2,1-6H3. The van der Waals surface area contributed by atoms with Gasteiger partial charge in [-0.05, 0) is 47.2 Å². The normalized spacial score (nSPS) is 15.9. The van der Waals surface area contributed by atoms with Crippen LogP contribution in [0.2, 0.25) is 0 Å². The van der Waals surface area contributed by atoms with Crippen LogP contribution in [0.1, 0.15) is 34.6 Å². The van der Waals surface area contributed by atoms with E-state index in [9.17, 15) is 0 Å². The highest BCUT2D eigenvalue weighted by Crippen LogP contribution is 2.04. The van der Waals surface area contributed by atoms with E-state index < -0.39 is 0 Å². The Morgan fingerprint density at radius 2 is 1.81 bits per heavy atom. The first-order chi connectivity index (χ1) is 7.24. The molecule has 2 atom stereocenters. The van der Waals surface area contributed by atoms with Crippen molar-refractivity contribution in [3.8, 4) is 6.07 Å². The van der Waals surface area contributed by atoms with Crippen LogP contribution in [-0.4, -0.2) is 37.1 Å². The average Bonchev–Trinajstić information content (AvgIpc) is 2.13. The Balaban J connectivity index is 3.79. The molecule has 94 valence electrons. The number of nitrogens with one attached hydrogen (secondary N) is 1. The Labute approximate surface area is 101 Å². The van der Waals surface area contributed by atoms with Gasteiger partial charge in [0.15, 0.2) is 0 Å². The third kappa shape index (κ3) is 8.70. The Bertz CT molecular complexity index is 224. The minimum atomic E-state index is 0.118. The molecule has 3 heteroatoms. The molecule has 0 saturated carbocycles. The summed E-state index contributed by atoms with van der Waals surface area (Å²) >= 11 is 0. The molecule has 2 unspecified atom stereocenters. The van der Waals surface area contributed by atoms with Crippen molar-refractivity contribution >= 4 is 0 Å². The van der Waals surface area contributed by atoms with Gasteiger partial charge in [-0.15, -0.1) is 0 Å². The van der Waals surface area contributed by atoms with Crippen LogP contribution in [0.15, 0.2) is 0 Å². The van der Waals surface area contributed by atoms with Crippen LogP contribution in [-0.2, 0) is 0 Å². The van der Waals surface area contributed by atoms with Crippen molar-refractivity contribution in [1.29, 1.82) is 5.26 Å². The topological polar surface area (TPSA) is 39.1 Å². The number of rotatable bonds is 6. The van der Waals surface area contributed by atoms with E-state index in [1.165, 1.54) is 0 Å². The van der Waals surface area contributed by atoms with Crippen LogP contribution in [0.5, 0.6) is 0 Å². The van der Waals surface area contributed by atoms with E-state index in [2.05, 4.69) is 51.0 Å². The second-order valence-corrected chi connectivity index (χ2v) is 5.99. The summed E-state index contributed by atoms with van der Waals surface area (Å²) in [5, 5.41) is 12.2. The second-order valence-electron chi connectivity index (χ2n) is 5.99. The minimum absolute atomic E-state index is 0.118. The summed E-state index contributed by atoms with van der Waals surface area (Å²) in [6, 6.07) is 2.27. The van der Waals surface area contributed by atoms with Gasteiger partial charge in [0.25, 0.3) is 0 Å². The van der Waals surface area contributed by atoms with E-state index in [0.29, 0.717) is 5.92 Å². The number of nitriles is 1. The molecule has 0 aliphatic rings. The van der Waals surface area contributed by atoms with E-state index in [1.807, 2.05) is 6.92 Å². The van der Waals surface area contributed by atoms with E-state index in [0.717, 1.165) is 19.6 Å². The monoisotopic (exact) mass is 225 g/mol. The molecule has 1 N–H and O–H groups in total. The van der Waals surface area contributed by atoms with Crippen molar-refractivity contribution in [3.63, 3.8) is 0 Å². The lowest BCUT2D eigenvalue weighted by Crippen LogP contribution is -2.41. The molecule has 0 fully saturated rings. The van der Waals surface area contributed by atoms with Gasteiger partial charge < -0.3 is 10.2 Å². The highest BCUT2D eigenvalue weighted by molar-refractivity contribution is 4.81. The lowest BCUT2D eigenvalue weighted by Gasteiger charge is -2.26. The van der Waals surface area contributed by atoms with Crippen molar-refractivity contribution in [2.45, 2.75) is 40.2 Å². The Morgan fingerprint density at radius 3 is 2.25 bits per heavy atom. The molecule has 0 radical (unpaired) electrons. The van der Waals surface area contributed by atoms with Crippen molar-refractivity contribution in [3.05, 3.63) is 0 Å². The molecule has 0 rings (SSSR count). The first-order valence-electron chi connectivity index (χ1n) is 6.07. The van der Waals surface area contributed by atoms with Crippen LogP contribution in [0.3, 0.4) is 0 Å². The van der Waals surface area contributed by atoms with Gasteiger partial charge in [0.1, 0.15) is 0 Å². The number of hydrogen-bond acceptors (Lipinski definition) is 3. The molecule has 0 bridgehead atoms. The van der Waals surface area contributed by atoms with Gasteiger partial charge in [-0.1, -0.05) is 6.92 Å². The first-order valence-corrected chi connectivity index (χ1v) is 6.07. The van der Waals surface area contributed by atoms with Gasteiger partial charge in [-0.2, -0.15) is 5.26 Å². The zero-order valence-corrected chi connectivity index (χ0v) is 11.7. The number of hydrogen-bond donors (Lipinski definition) is 1. The SMILES string of the molecule is CC(C#N)CN(C)CC(C)CNC(C)(C)C. The highest BCUT2D eigenvalue weighted by Gasteiger charge is 2.13. The van der Waals surface area contributed by atoms with Crippen LogP contribution in [0.4, 0.5) is 0 Å². The zero-order valence-electron chi connectivity index (χ0n) is 11.7. The van der Waals surface area contributed by atoms with Gasteiger partial charge in [-0.25, -0.2) is 0 Å². The summed E-state index contributed by atoms with van der Waals surface area (Å²) in [6.07, 6.45) is 0. The molecular formula is C13H27N3. The van der Waals surface area contributed by atoms with Crippen LogP contribution >= 0.6 is 0 Å². The molecule has 0 aromatic carbocycles. The van der Waals surface area contributed by atoms with Crippen molar-refractivity contribution < 1.29 is 0 Å². The summed E-state index contributed by atoms with van der Waals surface area (Å²) in [4.78, 5) is 2.24. The molecule has 0 aliphatic heterocycles. The molecule has 16 heavy (non-hydrogen) atoms. The third-order valence-electron chi connectivity index (χ3n) is 2.41. The van der Waals surface area contributed by atoms with Crippen molar-refractivity contribution in [2.75, 3.05) is 26.7 Å². The third-order valence-corrected chi connectivity index (χ3v) is 2.41. The molecule has 0 heterocycles. The fourth-order valence-electron chi connectivity index (χ4n) is 1.66. The highest BCUT2D eigenvalue weighted by atomic mass is 15.1. The predicted molar refractivity (Wildman–Crippen MR) is 69.2 cm³/mol. The lowest BCUT2D eigenvalue weighted by molar-refractivity contribution is 0.254. The summed E-state index contributed by atoms with van der Waals surface area (Å²) in [5.74, 6) is 0.725. The summed E-state index contributed by atoms with van der Waals surface area (Å²) < 4.78 is 0. The van der Waals surface area contributed by atoms with Gasteiger partial charge in [-0.3, -0.25) is 0 Å². The van der Waals surface area contributed by atoms with Gasteiger partial charge in [0.05, 0.1) is 12.0 Å². The van der Waals surface area contributed by atoms with Crippen LogP contribution < -0.4 is 5.32 Å². The summed E-state index contributed by atoms with van der Waals surface area (Å²) in [6.45, 7) is 13.7. The Hall–Kier alpha value is -0.590. The van der Waals surface area contributed by atoms with E-state index in [1.54, 1.807) is 0 Å². The summed E-state index contributed by atoms with van der Waals surface area (Å²) in [7, 11) is 2.08. The van der Waals surface area contributed by atoms with Crippen LogP contribution in [0, 0.1) is 23.2 Å². The zero-order chi connectivity index (χ0) is 12.8. The number of nitrogens with zero attached hydrogens (tertiary/aromatic N) is 2. The van der Waals surface area contributed by atoms with Crippen molar-refractivity contribution in [2.24, 2.45) is 11.8 Å². The molecule has 3 nitrogen and oxygen atoms in total. The smallest absolute Gasteiger partial charge is 0.0666 e. The fourth-order valence-corrected chi connectivity index (χ4v) is 1.66. The first kappa shape index (κ1) is 15.4. The van der Waals surface area contributed by atoms with E-state index in [-0.39, 0.29) is 11.5 Å². The summed E-state index contributed by atoms with van der Waals surface area (Å²) in [5.41, 5.74) is 0.187. The van der Waals surface area contributed by atoms with E-state index in [4.69, 9.17) is 5.26 Å². The fraction of sp³-hybridized carbons (Fsp3) is 0.923. The van der Waals surface area contributed by atoms with Gasteiger partial charge >= 0.3 is 0 Å². The molecule has 0 saturated heterocycles. The molecule has 0 amide bonds. The maximum atomic E-state index is 8.74. The molecular weight excluding hydrogens is 198 g/mol. The minimum Gasteiger partial charge on any atom is -0.312 e. The van der Waals surface area contributed by atoms with Crippen molar-refractivity contribution in [1.82, 2.24) is 10.2 Å².